The zero-order valence-corrected chi connectivity index (χ0v) is 16.5. The van der Waals surface area contributed by atoms with Gasteiger partial charge in [0.05, 0.1) is 10.6 Å². The molecule has 0 amide bonds. The van der Waals surface area contributed by atoms with Crippen LogP contribution in [-0.2, 0) is 9.53 Å². The molecule has 1 aliphatic carbocycles. The zero-order chi connectivity index (χ0) is 17.8. The molecule has 136 valence electrons. The number of hydrogen-bond donors (Lipinski definition) is 1. The van der Waals surface area contributed by atoms with Crippen LogP contribution in [0.15, 0.2) is 22.7 Å². The van der Waals surface area contributed by atoms with Gasteiger partial charge in [-0.15, -0.1) is 16.4 Å². The summed E-state index contributed by atoms with van der Waals surface area (Å²) in [4.78, 5) is 17.8. The highest BCUT2D eigenvalue weighted by Gasteiger charge is 2.33. The molecule has 0 unspecified atom stereocenters. The summed E-state index contributed by atoms with van der Waals surface area (Å²) >= 11 is 2.93. The van der Waals surface area contributed by atoms with Crippen LogP contribution in [0.3, 0.4) is 0 Å². The van der Waals surface area contributed by atoms with Crippen molar-refractivity contribution in [2.24, 2.45) is 17.8 Å². The fourth-order valence-electron chi connectivity index (χ4n) is 3.41. The molecule has 25 heavy (non-hydrogen) atoms. The molecule has 3 atom stereocenters. The van der Waals surface area contributed by atoms with E-state index >= 15 is 0 Å². The van der Waals surface area contributed by atoms with Crippen molar-refractivity contribution in [2.75, 3.05) is 5.75 Å². The molecule has 7 heteroatoms. The molecule has 1 saturated carbocycles. The molecule has 0 saturated heterocycles. The number of carbonyl (C=O) groups is 1. The molecule has 2 aromatic rings. The number of nitrogens with one attached hydrogen (secondary N) is 1. The van der Waals surface area contributed by atoms with E-state index in [1.54, 1.807) is 11.3 Å². The van der Waals surface area contributed by atoms with E-state index in [1.165, 1.54) is 18.2 Å². The lowest BCUT2D eigenvalue weighted by atomic mass is 9.75. The fraction of sp³-hybridized carbons (Fsp3) is 0.611. The number of thioether (sulfide) groups is 1. The topological polar surface area (TPSA) is 67.9 Å². The van der Waals surface area contributed by atoms with Gasteiger partial charge in [0, 0.05) is 0 Å². The first-order chi connectivity index (χ1) is 12.0. The number of ether oxygens (including phenoxy) is 1. The summed E-state index contributed by atoms with van der Waals surface area (Å²) in [5.74, 6) is 2.46. The molecule has 0 aromatic carbocycles. The Kier molecular flexibility index (Phi) is 6.17. The average Bonchev–Trinajstić information content (AvgIpc) is 3.24. The van der Waals surface area contributed by atoms with Crippen LogP contribution in [0.4, 0.5) is 0 Å². The van der Waals surface area contributed by atoms with Crippen molar-refractivity contribution in [3.05, 3.63) is 17.5 Å². The Balaban J connectivity index is 1.52. The lowest BCUT2D eigenvalue weighted by Crippen LogP contribution is -2.36. The Hall–Kier alpha value is -1.34. The van der Waals surface area contributed by atoms with Crippen molar-refractivity contribution in [3.8, 4) is 10.7 Å². The third-order valence-electron chi connectivity index (χ3n) is 4.78. The average molecular weight is 380 g/mol. The molecular formula is C18H25N3O2S2. The Labute approximate surface area is 157 Å². The highest BCUT2D eigenvalue weighted by molar-refractivity contribution is 7.99. The molecule has 1 N–H and O–H groups in total. The Bertz CT molecular complexity index is 684. The third-order valence-corrected chi connectivity index (χ3v) is 6.48. The number of aromatic nitrogens is 3. The van der Waals surface area contributed by atoms with Gasteiger partial charge in [0.1, 0.15) is 6.10 Å². The van der Waals surface area contributed by atoms with E-state index in [9.17, 15) is 4.79 Å². The first kappa shape index (κ1) is 18.5. The summed E-state index contributed by atoms with van der Waals surface area (Å²) in [7, 11) is 0. The Morgan fingerprint density at radius 1 is 1.48 bits per heavy atom. The van der Waals surface area contributed by atoms with E-state index in [-0.39, 0.29) is 17.8 Å². The highest BCUT2D eigenvalue weighted by atomic mass is 32.2. The first-order valence-electron chi connectivity index (χ1n) is 8.81. The zero-order valence-electron chi connectivity index (χ0n) is 14.9. The maximum absolute atomic E-state index is 12.3. The van der Waals surface area contributed by atoms with Gasteiger partial charge in [0.15, 0.2) is 5.82 Å². The molecule has 0 bridgehead atoms. The molecule has 1 fully saturated rings. The maximum Gasteiger partial charge on any atom is 0.316 e. The van der Waals surface area contributed by atoms with Gasteiger partial charge in [-0.05, 0) is 42.0 Å². The summed E-state index contributed by atoms with van der Waals surface area (Å²) in [5, 5.41) is 9.67. The predicted octanol–water partition coefficient (Wildman–Crippen LogP) is 4.63. The van der Waals surface area contributed by atoms with Crippen LogP contribution in [0, 0.1) is 17.8 Å². The van der Waals surface area contributed by atoms with Crippen molar-refractivity contribution >= 4 is 29.1 Å². The van der Waals surface area contributed by atoms with Crippen LogP contribution >= 0.6 is 23.1 Å². The summed E-state index contributed by atoms with van der Waals surface area (Å²) in [6.07, 6.45) is 3.40. The summed E-state index contributed by atoms with van der Waals surface area (Å²) < 4.78 is 5.81. The van der Waals surface area contributed by atoms with Gasteiger partial charge in [-0.25, -0.2) is 4.98 Å². The second-order valence-corrected chi connectivity index (χ2v) is 8.98. The Morgan fingerprint density at radius 2 is 2.32 bits per heavy atom. The van der Waals surface area contributed by atoms with Crippen molar-refractivity contribution in [2.45, 2.75) is 51.3 Å². The molecule has 0 spiro atoms. The van der Waals surface area contributed by atoms with Gasteiger partial charge < -0.3 is 4.74 Å². The first-order valence-corrected chi connectivity index (χ1v) is 10.7. The van der Waals surface area contributed by atoms with E-state index < -0.39 is 0 Å². The molecule has 0 aliphatic heterocycles. The normalized spacial score (nSPS) is 23.8. The largest absolute Gasteiger partial charge is 0.461 e. The quantitative estimate of drug-likeness (QED) is 0.585. The third kappa shape index (κ3) is 4.85. The van der Waals surface area contributed by atoms with Crippen LogP contribution < -0.4 is 0 Å². The highest BCUT2D eigenvalue weighted by Crippen LogP contribution is 2.35. The number of carbonyl (C=O) groups excluding carboxylic acids is 1. The standard InChI is InChI=1S/C18H25N3O2S2/c1-11(2)13-7-6-12(3)9-14(13)23-16(22)10-25-18-19-17(20-21-18)15-5-4-8-24-15/h4-5,8,11-14H,6-7,9-10H2,1-3H3,(H,19,20,21)/t12-,13-,14+/m0/s1. The number of esters is 1. The summed E-state index contributed by atoms with van der Waals surface area (Å²) in [6, 6.07) is 3.97. The van der Waals surface area contributed by atoms with Crippen LogP contribution in [0.5, 0.6) is 0 Å². The van der Waals surface area contributed by atoms with Gasteiger partial charge in [-0.3, -0.25) is 9.89 Å². The van der Waals surface area contributed by atoms with Gasteiger partial charge in [0.2, 0.25) is 5.16 Å². The number of H-pyrrole nitrogens is 1. The molecule has 3 rings (SSSR count). The van der Waals surface area contributed by atoms with Crippen LogP contribution in [0.25, 0.3) is 10.7 Å². The van der Waals surface area contributed by atoms with E-state index in [2.05, 4.69) is 36.0 Å². The fourth-order valence-corrected chi connectivity index (χ4v) is 4.66. The van der Waals surface area contributed by atoms with E-state index in [0.717, 1.165) is 23.5 Å². The van der Waals surface area contributed by atoms with E-state index in [1.807, 2.05) is 17.5 Å². The van der Waals surface area contributed by atoms with Crippen molar-refractivity contribution in [1.29, 1.82) is 0 Å². The van der Waals surface area contributed by atoms with E-state index in [0.29, 0.717) is 22.9 Å². The van der Waals surface area contributed by atoms with Gasteiger partial charge in [-0.2, -0.15) is 0 Å². The summed E-state index contributed by atoms with van der Waals surface area (Å²) in [5.41, 5.74) is 0. The molecular weight excluding hydrogens is 354 g/mol. The lowest BCUT2D eigenvalue weighted by molar-refractivity contribution is -0.152. The second-order valence-electron chi connectivity index (χ2n) is 7.09. The smallest absolute Gasteiger partial charge is 0.316 e. The van der Waals surface area contributed by atoms with Crippen molar-refractivity contribution in [1.82, 2.24) is 15.2 Å². The van der Waals surface area contributed by atoms with Crippen LogP contribution in [-0.4, -0.2) is 33.0 Å². The summed E-state index contributed by atoms with van der Waals surface area (Å²) in [6.45, 7) is 6.68. The number of thiophene rings is 1. The number of nitrogens with zero attached hydrogens (tertiary/aromatic N) is 2. The Morgan fingerprint density at radius 3 is 3.04 bits per heavy atom. The van der Waals surface area contributed by atoms with E-state index in [4.69, 9.17) is 4.74 Å². The van der Waals surface area contributed by atoms with Gasteiger partial charge >= 0.3 is 5.97 Å². The van der Waals surface area contributed by atoms with Gasteiger partial charge in [0.25, 0.3) is 0 Å². The minimum absolute atomic E-state index is 0.0469. The minimum Gasteiger partial charge on any atom is -0.461 e. The monoisotopic (exact) mass is 379 g/mol. The van der Waals surface area contributed by atoms with Crippen molar-refractivity contribution < 1.29 is 9.53 Å². The number of aromatic amines is 1. The van der Waals surface area contributed by atoms with Crippen LogP contribution in [0.2, 0.25) is 0 Å². The molecule has 1 aliphatic rings. The second kappa shape index (κ2) is 8.36. The molecule has 2 aromatic heterocycles. The van der Waals surface area contributed by atoms with Crippen molar-refractivity contribution in [3.63, 3.8) is 0 Å². The SMILES string of the molecule is CC(C)[C@@H]1CC[C@H](C)C[C@H]1OC(=O)CSc1n[nH]c(-c2cccs2)n1. The molecule has 0 radical (unpaired) electrons. The molecule has 2 heterocycles. The van der Waals surface area contributed by atoms with Gasteiger partial charge in [-0.1, -0.05) is 45.0 Å². The number of hydrogen-bond acceptors (Lipinski definition) is 6. The lowest BCUT2D eigenvalue weighted by Gasteiger charge is -2.36. The maximum atomic E-state index is 12.3. The molecule has 5 nitrogen and oxygen atoms in total. The number of rotatable bonds is 6. The van der Waals surface area contributed by atoms with Crippen LogP contribution in [0.1, 0.15) is 40.0 Å². The minimum atomic E-state index is -0.169. The predicted molar refractivity (Wildman–Crippen MR) is 102 cm³/mol.